The molecule has 0 spiro atoms. The highest BCUT2D eigenvalue weighted by molar-refractivity contribution is 7.66. The van der Waals surface area contributed by atoms with Gasteiger partial charge in [0.2, 0.25) is 0 Å². The SMILES string of the molecule is CCOC(=O)/C(=C(/[S-])Nc1ccccc1)P(=O)(OCC)OCC. The van der Waals surface area contributed by atoms with Crippen molar-refractivity contribution in [1.29, 1.82) is 0 Å². The fraction of sp³-hybridized carbons (Fsp3) is 0.400. The third-order valence-corrected chi connectivity index (χ3v) is 5.20. The Morgan fingerprint density at radius 3 is 2.13 bits per heavy atom. The predicted molar refractivity (Wildman–Crippen MR) is 91.9 cm³/mol. The maximum Gasteiger partial charge on any atom is 0.368 e. The van der Waals surface area contributed by atoms with Crippen molar-refractivity contribution >= 4 is 31.9 Å². The summed E-state index contributed by atoms with van der Waals surface area (Å²) in [6.45, 7) is 5.29. The van der Waals surface area contributed by atoms with E-state index in [1.807, 2.05) is 6.07 Å². The van der Waals surface area contributed by atoms with Gasteiger partial charge in [-0.15, -0.1) is 0 Å². The lowest BCUT2D eigenvalue weighted by molar-refractivity contribution is -0.137. The van der Waals surface area contributed by atoms with Crippen LogP contribution >= 0.6 is 7.60 Å². The van der Waals surface area contributed by atoms with Crippen molar-refractivity contribution < 1.29 is 23.1 Å². The number of anilines is 1. The minimum absolute atomic E-state index is 0.0418. The summed E-state index contributed by atoms with van der Waals surface area (Å²) >= 11 is 5.24. The topological polar surface area (TPSA) is 73.9 Å². The molecule has 1 rings (SSSR count). The molecule has 23 heavy (non-hydrogen) atoms. The molecule has 0 aliphatic carbocycles. The largest absolute Gasteiger partial charge is 0.761 e. The monoisotopic (exact) mass is 358 g/mol. The third-order valence-electron chi connectivity index (χ3n) is 2.59. The number of ether oxygens (including phenoxy) is 1. The van der Waals surface area contributed by atoms with Crippen LogP contribution in [0.5, 0.6) is 0 Å². The van der Waals surface area contributed by atoms with Crippen molar-refractivity contribution in [3.63, 3.8) is 0 Å². The number of rotatable bonds is 9. The van der Waals surface area contributed by atoms with Crippen LogP contribution in [0.1, 0.15) is 20.8 Å². The normalized spacial score (nSPS) is 12.5. The van der Waals surface area contributed by atoms with Crippen molar-refractivity contribution in [3.8, 4) is 0 Å². The van der Waals surface area contributed by atoms with Crippen LogP contribution in [0.4, 0.5) is 5.69 Å². The lowest BCUT2D eigenvalue weighted by Crippen LogP contribution is -2.16. The molecule has 0 amide bonds. The van der Waals surface area contributed by atoms with Gasteiger partial charge in [-0.3, -0.25) is 4.57 Å². The molecule has 0 bridgehead atoms. The van der Waals surface area contributed by atoms with Gasteiger partial charge < -0.3 is 31.7 Å². The minimum atomic E-state index is -3.87. The highest BCUT2D eigenvalue weighted by Crippen LogP contribution is 2.57. The Kier molecular flexibility index (Phi) is 8.26. The Balaban J connectivity index is 3.29. The average molecular weight is 358 g/mol. The molecule has 0 radical (unpaired) electrons. The second-order valence-electron chi connectivity index (χ2n) is 4.22. The summed E-state index contributed by atoms with van der Waals surface area (Å²) in [6.07, 6.45) is 0. The maximum absolute atomic E-state index is 13.0. The number of hydrogen-bond acceptors (Lipinski definition) is 7. The smallest absolute Gasteiger partial charge is 0.368 e. The summed E-state index contributed by atoms with van der Waals surface area (Å²) < 4.78 is 28.4. The van der Waals surface area contributed by atoms with Gasteiger partial charge in [-0.05, 0) is 32.9 Å². The molecule has 0 saturated heterocycles. The van der Waals surface area contributed by atoms with Crippen LogP contribution in [0.2, 0.25) is 0 Å². The summed E-state index contributed by atoms with van der Waals surface area (Å²) in [6, 6.07) is 8.98. The molecule has 0 aliphatic rings. The van der Waals surface area contributed by atoms with E-state index in [-0.39, 0.29) is 30.2 Å². The Morgan fingerprint density at radius 1 is 1.09 bits per heavy atom. The summed E-state index contributed by atoms with van der Waals surface area (Å²) in [4.78, 5) is 12.3. The Hall–Kier alpha value is -1.40. The lowest BCUT2D eigenvalue weighted by Gasteiger charge is -2.26. The van der Waals surface area contributed by atoms with E-state index >= 15 is 0 Å². The molecular weight excluding hydrogens is 337 g/mol. The summed E-state index contributed by atoms with van der Waals surface area (Å²) in [5, 5.41) is 2.53. The quantitative estimate of drug-likeness (QED) is 0.313. The number of hydrogen-bond donors (Lipinski definition) is 1. The molecule has 0 heterocycles. The maximum atomic E-state index is 13.0. The molecule has 0 unspecified atom stereocenters. The molecule has 1 aromatic rings. The van der Waals surface area contributed by atoms with Crippen LogP contribution in [0.25, 0.3) is 0 Å². The highest BCUT2D eigenvalue weighted by Gasteiger charge is 2.36. The number of carbonyl (C=O) groups is 1. The Bertz CT molecular complexity index is 581. The molecule has 1 N–H and O–H groups in total. The van der Waals surface area contributed by atoms with E-state index in [1.165, 1.54) is 0 Å². The zero-order valence-electron chi connectivity index (χ0n) is 13.4. The molecule has 1 aromatic carbocycles. The van der Waals surface area contributed by atoms with Gasteiger partial charge in [0.15, 0.2) is 0 Å². The van der Waals surface area contributed by atoms with Crippen LogP contribution < -0.4 is 5.32 Å². The van der Waals surface area contributed by atoms with Gasteiger partial charge in [0.1, 0.15) is 5.31 Å². The van der Waals surface area contributed by atoms with E-state index in [0.29, 0.717) is 5.69 Å². The molecule has 128 valence electrons. The van der Waals surface area contributed by atoms with E-state index in [2.05, 4.69) is 5.32 Å². The lowest BCUT2D eigenvalue weighted by atomic mass is 10.3. The van der Waals surface area contributed by atoms with Crippen LogP contribution in [-0.2, 0) is 35.8 Å². The number of benzene rings is 1. The molecule has 0 atom stereocenters. The summed E-state index contributed by atoms with van der Waals surface area (Å²) in [5.74, 6) is -0.814. The molecule has 0 aliphatic heterocycles. The minimum Gasteiger partial charge on any atom is -0.761 e. The average Bonchev–Trinajstić information content (AvgIpc) is 2.49. The zero-order valence-corrected chi connectivity index (χ0v) is 15.1. The van der Waals surface area contributed by atoms with Crippen LogP contribution in [-0.4, -0.2) is 25.8 Å². The van der Waals surface area contributed by atoms with E-state index < -0.39 is 13.6 Å². The number of nitrogens with one attached hydrogen (secondary N) is 1. The van der Waals surface area contributed by atoms with Crippen molar-refractivity contribution in [1.82, 2.24) is 0 Å². The summed E-state index contributed by atoms with van der Waals surface area (Å²) in [5.41, 5.74) is 0.652. The molecule has 0 saturated carbocycles. The third kappa shape index (κ3) is 5.62. The fourth-order valence-electron chi connectivity index (χ4n) is 1.75. The first kappa shape index (κ1) is 19.6. The van der Waals surface area contributed by atoms with Crippen molar-refractivity contribution in [2.45, 2.75) is 20.8 Å². The number of para-hydroxylation sites is 1. The zero-order chi connectivity index (χ0) is 17.3. The van der Waals surface area contributed by atoms with Gasteiger partial charge >= 0.3 is 13.6 Å². The van der Waals surface area contributed by atoms with E-state index in [1.54, 1.807) is 45.0 Å². The molecular formula is C15H21NO5PS-. The van der Waals surface area contributed by atoms with Gasteiger partial charge in [0.05, 0.1) is 19.8 Å². The van der Waals surface area contributed by atoms with E-state index in [0.717, 1.165) is 0 Å². The van der Waals surface area contributed by atoms with Gasteiger partial charge in [-0.2, -0.15) is 0 Å². The van der Waals surface area contributed by atoms with Crippen molar-refractivity contribution in [2.75, 3.05) is 25.1 Å². The van der Waals surface area contributed by atoms with Crippen LogP contribution in [0, 0.1) is 0 Å². The molecule has 6 nitrogen and oxygen atoms in total. The standard InChI is InChI=1S/C15H22NO5PS/c1-4-19-15(17)13(22(18,20-5-2)21-6-3)14(23)16-12-10-8-7-9-11-12/h7-11,16,23H,4-6H2,1-3H3/p-1/b14-13-. The Labute approximate surface area is 142 Å². The van der Waals surface area contributed by atoms with Crippen molar-refractivity contribution in [2.24, 2.45) is 0 Å². The van der Waals surface area contributed by atoms with Gasteiger partial charge in [0.25, 0.3) is 0 Å². The highest BCUT2D eigenvalue weighted by atomic mass is 32.1. The first-order valence-electron chi connectivity index (χ1n) is 7.28. The predicted octanol–water partition coefficient (Wildman–Crippen LogP) is 3.64. The van der Waals surface area contributed by atoms with Crippen LogP contribution in [0.3, 0.4) is 0 Å². The van der Waals surface area contributed by atoms with Gasteiger partial charge in [0, 0.05) is 5.69 Å². The van der Waals surface area contributed by atoms with E-state index in [4.69, 9.17) is 26.4 Å². The number of esters is 1. The summed E-state index contributed by atoms with van der Waals surface area (Å²) in [7, 11) is -3.87. The van der Waals surface area contributed by atoms with Crippen LogP contribution in [0.15, 0.2) is 40.7 Å². The van der Waals surface area contributed by atoms with E-state index in [9.17, 15) is 9.36 Å². The first-order valence-corrected chi connectivity index (χ1v) is 9.23. The second-order valence-corrected chi connectivity index (χ2v) is 6.59. The van der Waals surface area contributed by atoms with Crippen molar-refractivity contribution in [3.05, 3.63) is 40.7 Å². The van der Waals surface area contributed by atoms with Gasteiger partial charge in [-0.25, -0.2) is 4.79 Å². The van der Waals surface area contributed by atoms with Gasteiger partial charge in [-0.1, -0.05) is 23.2 Å². The number of carbonyl (C=O) groups excluding carboxylic acids is 1. The molecule has 0 aromatic heterocycles. The molecule has 8 heteroatoms. The molecule has 0 fully saturated rings. The first-order chi connectivity index (χ1) is 11.0. The Morgan fingerprint density at radius 2 is 1.65 bits per heavy atom. The second kappa shape index (κ2) is 9.67. The fourth-order valence-corrected chi connectivity index (χ4v) is 3.89.